The molecule has 4 N–H and O–H groups in total. The molecule has 4 aliphatic rings. The highest BCUT2D eigenvalue weighted by atomic mass is 32.2. The van der Waals surface area contributed by atoms with E-state index in [2.05, 4.69) is 126 Å². The molecule has 2 aliphatic carbocycles. The predicted octanol–water partition coefficient (Wildman–Crippen LogP) is 11.5. The molecule has 4 fully saturated rings. The van der Waals surface area contributed by atoms with E-state index >= 15 is 0 Å². The number of aromatic amines is 2. The van der Waals surface area contributed by atoms with E-state index in [1.54, 1.807) is 23.5 Å². The molecule has 16 heteroatoms. The van der Waals surface area contributed by atoms with Gasteiger partial charge in [-0.2, -0.15) is 23.5 Å². The van der Waals surface area contributed by atoms with E-state index in [0.717, 1.165) is 114 Å². The van der Waals surface area contributed by atoms with Crippen molar-refractivity contribution in [2.24, 2.45) is 17.3 Å². The van der Waals surface area contributed by atoms with Gasteiger partial charge in [-0.05, 0) is 176 Å². The number of carbonyl (C=O) groups is 4. The van der Waals surface area contributed by atoms with Crippen LogP contribution >= 0.6 is 23.5 Å². The average molecular weight is 1070 g/mol. The Morgan fingerprint density at radius 3 is 1.91 bits per heavy atom. The number of thioether (sulfide) groups is 2. The Morgan fingerprint density at radius 2 is 1.34 bits per heavy atom. The van der Waals surface area contributed by atoms with Crippen LogP contribution in [0.2, 0.25) is 0 Å². The number of alkyl carbamates (subject to hydrolysis) is 2. The summed E-state index contributed by atoms with van der Waals surface area (Å²) in [6, 6.07) is 25.0. The highest BCUT2D eigenvalue weighted by molar-refractivity contribution is 7.98. The number of likely N-dealkylation sites (tertiary alicyclic amines) is 2. The lowest BCUT2D eigenvalue weighted by Gasteiger charge is -2.43. The van der Waals surface area contributed by atoms with Gasteiger partial charge >= 0.3 is 12.2 Å². The Labute approximate surface area is 455 Å². The number of nitrogens with one attached hydrogen (secondary N) is 4. The SMILES string of the molecule is CCCC1CC(C)C(c2nc3ccc(-c4cc(C)ccc4CCc4ccc(CC)c(-c5ccc6nc(C7C8CC89CCC9N7C(=O)C(CCSC)NC(=O)OC)[nH]c6c5)c4)cc3[nH]2)N1C(=O)C(CCSC)NC(=O)OC. The number of imidazole rings is 2. The molecule has 9 unspecified atom stereocenters. The molecule has 4 amide bonds. The summed E-state index contributed by atoms with van der Waals surface area (Å²) in [4.78, 5) is 75.6. The second kappa shape index (κ2) is 22.5. The van der Waals surface area contributed by atoms with Crippen molar-refractivity contribution in [1.82, 2.24) is 40.4 Å². The molecule has 4 aromatic carbocycles. The van der Waals surface area contributed by atoms with Gasteiger partial charge < -0.3 is 39.9 Å². The van der Waals surface area contributed by atoms with Crippen molar-refractivity contribution in [1.29, 1.82) is 0 Å². The maximum absolute atomic E-state index is 14.5. The van der Waals surface area contributed by atoms with Gasteiger partial charge in [-0.3, -0.25) is 9.59 Å². The first-order valence-electron chi connectivity index (χ1n) is 27.4. The van der Waals surface area contributed by atoms with E-state index in [4.69, 9.17) is 19.4 Å². The van der Waals surface area contributed by atoms with Crippen LogP contribution in [0.15, 0.2) is 72.8 Å². The number of carbonyl (C=O) groups excluding carboxylic acids is 4. The van der Waals surface area contributed by atoms with E-state index in [1.807, 2.05) is 17.4 Å². The molecule has 2 saturated carbocycles. The van der Waals surface area contributed by atoms with Gasteiger partial charge in [0.15, 0.2) is 0 Å². The van der Waals surface area contributed by atoms with Crippen LogP contribution in [-0.4, -0.2) is 116 Å². The minimum atomic E-state index is -0.692. The summed E-state index contributed by atoms with van der Waals surface area (Å²) in [5.41, 5.74) is 13.4. The Balaban J connectivity index is 0.889. The molecule has 2 saturated heterocycles. The fourth-order valence-corrected chi connectivity index (χ4v) is 14.2. The van der Waals surface area contributed by atoms with Gasteiger partial charge in [0.05, 0.1) is 48.4 Å². The summed E-state index contributed by atoms with van der Waals surface area (Å²) >= 11 is 3.31. The molecule has 2 aromatic heterocycles. The first-order chi connectivity index (χ1) is 36.8. The fourth-order valence-electron chi connectivity index (χ4n) is 13.2. The third-order valence-electron chi connectivity index (χ3n) is 17.2. The van der Waals surface area contributed by atoms with Gasteiger partial charge in [0, 0.05) is 12.1 Å². The van der Waals surface area contributed by atoms with Gasteiger partial charge in [0.2, 0.25) is 11.8 Å². The molecule has 1 spiro atoms. The molecule has 6 aromatic rings. The molecule has 76 heavy (non-hydrogen) atoms. The molecule has 402 valence electrons. The summed E-state index contributed by atoms with van der Waals surface area (Å²) in [7, 11) is 2.67. The van der Waals surface area contributed by atoms with Gasteiger partial charge in [0.1, 0.15) is 23.7 Å². The highest BCUT2D eigenvalue weighted by Crippen LogP contribution is 2.77. The smallest absolute Gasteiger partial charge is 0.407 e. The monoisotopic (exact) mass is 1070 g/mol. The van der Waals surface area contributed by atoms with Crippen molar-refractivity contribution in [2.45, 2.75) is 135 Å². The standard InChI is InChI=1S/C60H74N8O6S2/c1-9-11-41-29-35(4)52(67(41)56(69)47(23-26-75-7)65-58(71)73-5)54-61-45-20-18-39(31-49(45)63-54)42-28-34(3)12-15-38(42)17-14-36-13-16-37(10-2)43(30-36)40-19-21-46-50(32-40)64-55(62-46)53-44-33-60(44)25-22-51(60)68(53)57(70)48(24-27-76-8)66-59(72)74-6/h12-13,15-16,18-21,28,30-32,35,41,44,47-48,51-53H,9-11,14,17,22-27,29,33H2,1-8H3,(H,61,63)(H,62,64)(H,65,71)(H,66,72). The molecule has 10 rings (SSSR count). The maximum Gasteiger partial charge on any atom is 0.407 e. The normalized spacial score (nSPS) is 23.2. The van der Waals surface area contributed by atoms with Gasteiger partial charge in [-0.15, -0.1) is 0 Å². The third-order valence-corrected chi connectivity index (χ3v) is 18.5. The largest absolute Gasteiger partial charge is 0.453 e. The van der Waals surface area contributed by atoms with Crippen LogP contribution in [0.25, 0.3) is 44.3 Å². The van der Waals surface area contributed by atoms with Crippen molar-refractivity contribution in [2.75, 3.05) is 38.2 Å². The zero-order chi connectivity index (χ0) is 53.4. The Bertz CT molecular complexity index is 3140. The van der Waals surface area contributed by atoms with E-state index in [1.165, 1.54) is 47.6 Å². The van der Waals surface area contributed by atoms with Crippen LogP contribution in [0.5, 0.6) is 0 Å². The van der Waals surface area contributed by atoms with Crippen molar-refractivity contribution < 1.29 is 28.7 Å². The van der Waals surface area contributed by atoms with Gasteiger partial charge in [-0.25, -0.2) is 19.6 Å². The van der Waals surface area contributed by atoms with Crippen LogP contribution in [-0.2, 0) is 38.3 Å². The van der Waals surface area contributed by atoms with E-state index < -0.39 is 24.3 Å². The first-order valence-corrected chi connectivity index (χ1v) is 30.1. The number of aryl methyl sites for hydroxylation is 4. The molecule has 0 bridgehead atoms. The summed E-state index contributed by atoms with van der Waals surface area (Å²) in [6.45, 7) is 8.70. The molecule has 9 atom stereocenters. The minimum absolute atomic E-state index is 0.0386. The van der Waals surface area contributed by atoms with Crippen molar-refractivity contribution in [3.05, 3.63) is 107 Å². The van der Waals surface area contributed by atoms with Crippen molar-refractivity contribution >= 4 is 69.6 Å². The number of benzene rings is 4. The average Bonchev–Trinajstić information content (AvgIpc) is 3.89. The van der Waals surface area contributed by atoms with E-state index in [0.29, 0.717) is 18.8 Å². The van der Waals surface area contributed by atoms with Crippen LogP contribution < -0.4 is 10.6 Å². The summed E-state index contributed by atoms with van der Waals surface area (Å²) in [5, 5.41) is 5.69. The fraction of sp³-hybridized carbons (Fsp3) is 0.500. The summed E-state index contributed by atoms with van der Waals surface area (Å²) < 4.78 is 9.88. The predicted molar refractivity (Wildman–Crippen MR) is 304 cm³/mol. The second-order valence-electron chi connectivity index (χ2n) is 21.8. The number of H-pyrrole nitrogens is 2. The topological polar surface area (TPSA) is 175 Å². The highest BCUT2D eigenvalue weighted by Gasteiger charge is 2.76. The molecule has 0 radical (unpaired) electrons. The first kappa shape index (κ1) is 53.4. The number of methoxy groups -OCH3 is 2. The Kier molecular flexibility index (Phi) is 15.8. The summed E-state index contributed by atoms with van der Waals surface area (Å²) in [6.07, 6.45) is 12.3. The van der Waals surface area contributed by atoms with Crippen molar-refractivity contribution in [3.8, 4) is 22.3 Å². The number of fused-ring (bicyclic) bond motifs is 2. The molecular formula is C60H74N8O6S2. The zero-order valence-corrected chi connectivity index (χ0v) is 46.9. The number of amides is 4. The lowest BCUT2D eigenvalue weighted by atomic mass is 9.76. The van der Waals surface area contributed by atoms with Crippen LogP contribution in [0.4, 0.5) is 9.59 Å². The Hall–Kier alpha value is -6.00. The lowest BCUT2D eigenvalue weighted by Crippen LogP contribution is -2.55. The minimum Gasteiger partial charge on any atom is -0.453 e. The Morgan fingerprint density at radius 1 is 0.750 bits per heavy atom. The quantitative estimate of drug-likeness (QED) is 0.0576. The maximum atomic E-state index is 14.5. The van der Waals surface area contributed by atoms with Gasteiger partial charge in [-0.1, -0.05) is 81.3 Å². The molecule has 14 nitrogen and oxygen atoms in total. The number of hydrogen-bond acceptors (Lipinski definition) is 10. The molecule has 4 heterocycles. The number of ether oxygens (including phenoxy) is 2. The lowest BCUT2D eigenvalue weighted by molar-refractivity contribution is -0.140. The van der Waals surface area contributed by atoms with Crippen LogP contribution in [0.1, 0.15) is 118 Å². The van der Waals surface area contributed by atoms with Crippen LogP contribution in [0.3, 0.4) is 0 Å². The van der Waals surface area contributed by atoms with Crippen LogP contribution in [0, 0.1) is 24.2 Å². The number of nitrogens with zero attached hydrogens (tertiary/aromatic N) is 4. The number of aromatic nitrogens is 4. The van der Waals surface area contributed by atoms with E-state index in [-0.39, 0.29) is 47.3 Å². The van der Waals surface area contributed by atoms with E-state index in [9.17, 15) is 19.2 Å². The zero-order valence-electron chi connectivity index (χ0n) is 45.3. The summed E-state index contributed by atoms with van der Waals surface area (Å²) in [5.74, 6) is 3.46. The van der Waals surface area contributed by atoms with Gasteiger partial charge in [0.25, 0.3) is 0 Å². The molecule has 2 aliphatic heterocycles. The second-order valence-corrected chi connectivity index (χ2v) is 23.8. The molecular weight excluding hydrogens is 993 g/mol. The third kappa shape index (κ3) is 10.2. The number of rotatable bonds is 20. The van der Waals surface area contributed by atoms with Crippen molar-refractivity contribution in [3.63, 3.8) is 0 Å². The number of hydrogen-bond donors (Lipinski definition) is 4. The number of piperidine rings is 1.